The predicted molar refractivity (Wildman–Crippen MR) is 280 cm³/mol. The van der Waals surface area contributed by atoms with Gasteiger partial charge in [-0.2, -0.15) is 0 Å². The molecule has 7 amide bonds. The molecule has 7 heterocycles. The van der Waals surface area contributed by atoms with E-state index in [4.69, 9.17) is 9.72 Å². The largest absolute Gasteiger partial charge is 0.458 e. The van der Waals surface area contributed by atoms with Crippen molar-refractivity contribution >= 4 is 58.2 Å². The number of piperidine rings is 1. The van der Waals surface area contributed by atoms with Gasteiger partial charge in [-0.1, -0.05) is 48.9 Å². The second kappa shape index (κ2) is 24.0. The fourth-order valence-electron chi connectivity index (χ4n) is 10.4. The van der Waals surface area contributed by atoms with Gasteiger partial charge in [-0.3, -0.25) is 48.2 Å². The van der Waals surface area contributed by atoms with Gasteiger partial charge in [-0.05, 0) is 74.4 Å². The molecule has 4 aliphatic rings. The van der Waals surface area contributed by atoms with Crippen molar-refractivity contribution in [2.75, 3.05) is 39.3 Å². The molecule has 0 bridgehead atoms. The number of carbonyl (C=O) groups excluding carboxylic acids is 8. The first kappa shape index (κ1) is 55.3. The molecule has 79 heavy (non-hydrogen) atoms. The molecule has 6 N–H and O–H groups in total. The molecule has 1 saturated heterocycles. The summed E-state index contributed by atoms with van der Waals surface area (Å²) >= 11 is 0. The molecule has 4 aliphatic heterocycles. The number of benzene rings is 2. The second-order valence-corrected chi connectivity index (χ2v) is 20.2. The molecule has 0 aliphatic carbocycles. The van der Waals surface area contributed by atoms with Crippen molar-refractivity contribution in [1.29, 1.82) is 0 Å². The molecular weight excluding hydrogens is 1020 g/mol. The zero-order chi connectivity index (χ0) is 56.0. The van der Waals surface area contributed by atoms with Gasteiger partial charge in [0.15, 0.2) is 5.60 Å². The molecule has 0 saturated carbocycles. The van der Waals surface area contributed by atoms with Crippen LogP contribution in [-0.4, -0.2) is 138 Å². The molecule has 0 spiro atoms. The van der Waals surface area contributed by atoms with Crippen LogP contribution in [0.2, 0.25) is 0 Å². The van der Waals surface area contributed by atoms with Crippen molar-refractivity contribution < 1.29 is 52.6 Å². The quantitative estimate of drug-likeness (QED) is 0.0312. The number of carbonyl (C=O) groups is 8. The summed E-state index contributed by atoms with van der Waals surface area (Å²) < 4.78 is 23.5. The molecule has 1 fully saturated rings. The summed E-state index contributed by atoms with van der Waals surface area (Å²) in [5.74, 6) is -4.73. The van der Waals surface area contributed by atoms with Crippen molar-refractivity contribution in [3.63, 3.8) is 0 Å². The number of nitrogens with zero attached hydrogens (tertiary/aromatic N) is 7. The number of amides is 7. The zero-order valence-electron chi connectivity index (χ0n) is 43.8. The summed E-state index contributed by atoms with van der Waals surface area (Å²) in [6.07, 6.45) is 7.48. The number of aliphatic hydroxyl groups is 1. The number of nitrogens with one attached hydrogen (secondary N) is 5. The Labute approximate surface area is 452 Å². The van der Waals surface area contributed by atoms with Crippen LogP contribution in [0, 0.1) is 12.7 Å². The summed E-state index contributed by atoms with van der Waals surface area (Å²) in [7, 11) is 0. The van der Waals surface area contributed by atoms with Gasteiger partial charge in [0, 0.05) is 73.2 Å². The Morgan fingerprint density at radius 3 is 2.41 bits per heavy atom. The molecular formula is C55H61FN12O11. The minimum atomic E-state index is -2.01. The van der Waals surface area contributed by atoms with Crippen molar-refractivity contribution in [3.8, 4) is 11.4 Å². The molecule has 3 atom stereocenters. The van der Waals surface area contributed by atoms with Crippen LogP contribution in [0.4, 0.5) is 4.39 Å². The molecule has 24 heteroatoms. The van der Waals surface area contributed by atoms with E-state index in [2.05, 4.69) is 41.8 Å². The number of unbranched alkanes of at least 4 members (excludes halogenated alkanes) is 2. The maximum atomic E-state index is 15.1. The van der Waals surface area contributed by atoms with Gasteiger partial charge in [0.1, 0.15) is 18.5 Å². The van der Waals surface area contributed by atoms with Gasteiger partial charge >= 0.3 is 5.97 Å². The normalized spacial score (nSPS) is 17.9. The summed E-state index contributed by atoms with van der Waals surface area (Å²) in [6, 6.07) is 12.3. The lowest BCUT2D eigenvalue weighted by molar-refractivity contribution is -0.172. The Hall–Kier alpha value is -8.51. The minimum Gasteiger partial charge on any atom is -0.458 e. The third-order valence-corrected chi connectivity index (χ3v) is 14.7. The Morgan fingerprint density at radius 1 is 0.886 bits per heavy atom. The lowest BCUT2D eigenvalue weighted by Crippen LogP contribution is -2.53. The number of fused-ring (bicyclic) bond motifs is 5. The highest BCUT2D eigenvalue weighted by Gasteiger charge is 2.45. The maximum absolute atomic E-state index is 15.1. The Morgan fingerprint density at radius 2 is 1.63 bits per heavy atom. The molecule has 3 aromatic heterocycles. The highest BCUT2D eigenvalue weighted by atomic mass is 19.1. The number of pyridine rings is 2. The topological polar surface area (TPSA) is 298 Å². The van der Waals surface area contributed by atoms with Crippen LogP contribution in [0.1, 0.15) is 90.9 Å². The lowest BCUT2D eigenvalue weighted by atomic mass is 9.86. The number of ether oxygens (including phenoxy) is 1. The summed E-state index contributed by atoms with van der Waals surface area (Å²) in [4.78, 5) is 123. The van der Waals surface area contributed by atoms with Gasteiger partial charge in [0.2, 0.25) is 29.5 Å². The molecule has 0 radical (unpaired) electrons. The van der Waals surface area contributed by atoms with Crippen molar-refractivity contribution in [3.05, 3.63) is 122 Å². The number of aryl methyl sites for hydroxylation is 1. The van der Waals surface area contributed by atoms with E-state index in [1.165, 1.54) is 22.8 Å². The molecule has 2 aromatic carbocycles. The third kappa shape index (κ3) is 12.6. The highest BCUT2D eigenvalue weighted by Crippen LogP contribution is 2.41. The van der Waals surface area contributed by atoms with Gasteiger partial charge in [0.25, 0.3) is 17.4 Å². The number of aromatic nitrogens is 5. The van der Waals surface area contributed by atoms with E-state index in [1.807, 2.05) is 6.07 Å². The molecule has 23 nitrogen and oxygen atoms in total. The number of imide groups is 1. The number of cyclic esters (lactones) is 1. The van der Waals surface area contributed by atoms with Crippen molar-refractivity contribution in [1.82, 2.24) is 60.9 Å². The average molecular weight is 1090 g/mol. The van der Waals surface area contributed by atoms with Crippen LogP contribution in [0.3, 0.4) is 0 Å². The molecule has 414 valence electrons. The Bertz CT molecular complexity index is 3320. The van der Waals surface area contributed by atoms with Crippen LogP contribution in [0.5, 0.6) is 0 Å². The van der Waals surface area contributed by atoms with E-state index in [0.29, 0.717) is 77.9 Å². The SMILES string of the molecule is CC[C@@]1(O)C(=O)OCc2c1cc1n(c2=O)Cc2c-1nc1cc(F)c(C)cc1c2Cn1cc(CN2CCCC(NC(=O)CNC(=O)[C@@H](Cc3ccccc3)NC(=O)CNC(=O)CNC(=O)CCCCCN3C(=O)C=CC3=O)C2)nn1. The van der Waals surface area contributed by atoms with Crippen LogP contribution in [0.25, 0.3) is 22.3 Å². The van der Waals surface area contributed by atoms with E-state index in [0.717, 1.165) is 29.0 Å². The second-order valence-electron chi connectivity index (χ2n) is 20.2. The third-order valence-electron chi connectivity index (χ3n) is 14.7. The van der Waals surface area contributed by atoms with Gasteiger partial charge in [-0.15, -0.1) is 5.10 Å². The number of hydrogen-bond donors (Lipinski definition) is 6. The Kier molecular flexibility index (Phi) is 16.8. The number of hydrogen-bond acceptors (Lipinski definition) is 15. The van der Waals surface area contributed by atoms with E-state index in [1.54, 1.807) is 61.1 Å². The van der Waals surface area contributed by atoms with E-state index < -0.39 is 59.2 Å². The van der Waals surface area contributed by atoms with Crippen LogP contribution < -0.4 is 32.1 Å². The van der Waals surface area contributed by atoms with Crippen molar-refractivity contribution in [2.45, 2.75) is 109 Å². The number of halogens is 1. The van der Waals surface area contributed by atoms with Gasteiger partial charge in [-0.25, -0.2) is 18.9 Å². The van der Waals surface area contributed by atoms with Crippen LogP contribution in [-0.2, 0) is 81.4 Å². The van der Waals surface area contributed by atoms with Crippen LogP contribution >= 0.6 is 0 Å². The predicted octanol–water partition coefficient (Wildman–Crippen LogP) is 0.809. The average Bonchev–Trinajstić information content (AvgIpc) is 4.23. The zero-order valence-corrected chi connectivity index (χ0v) is 43.8. The fraction of sp³-hybridized carbons (Fsp3) is 0.418. The van der Waals surface area contributed by atoms with E-state index in [9.17, 15) is 48.3 Å². The first-order valence-electron chi connectivity index (χ1n) is 26.3. The van der Waals surface area contributed by atoms with Gasteiger partial charge in [0.05, 0.1) is 67.1 Å². The number of esters is 1. The highest BCUT2D eigenvalue weighted by molar-refractivity contribution is 6.12. The van der Waals surface area contributed by atoms with Crippen molar-refractivity contribution in [2.24, 2.45) is 0 Å². The van der Waals surface area contributed by atoms with E-state index in [-0.39, 0.29) is 93.5 Å². The summed E-state index contributed by atoms with van der Waals surface area (Å²) in [5.41, 5.74) is 2.36. The standard InChI is InChI=1S/C55H61FN12O11/c1-3-55(78)40-21-44-51-38(30-68(44)53(76)39(40)31-79-54(55)77)37(36-19-32(2)41(56)22-42(36)62-51)29-66-28-35(63-64-66)27-65-17-10-13-34(26-65)60-47(71)25-59-52(75)43(20-33-11-6-4-7-12-33)61-48(72)24-58-46(70)23-57-45(69)14-8-5-9-18-67-49(73)15-16-50(67)74/h4,6-7,11-12,15-16,19,21-22,28,34,43,78H,3,5,8-10,13-14,17-18,20,23-27,29-31H2,1-2H3,(H,57,69)(H,58,70)(H,59,75)(H,60,71)(H,61,72)/t34?,43-,55+/m1/s1. The monoisotopic (exact) mass is 1080 g/mol. The van der Waals surface area contributed by atoms with Gasteiger partial charge < -0.3 is 41.0 Å². The number of rotatable bonds is 22. The molecule has 5 aromatic rings. The minimum absolute atomic E-state index is 0.0152. The summed E-state index contributed by atoms with van der Waals surface area (Å²) in [6.45, 7) is 3.97. The number of likely N-dealkylation sites (tertiary alicyclic amines) is 1. The Balaban J connectivity index is 0.758. The van der Waals surface area contributed by atoms with Crippen LogP contribution in [0.15, 0.2) is 71.7 Å². The smallest absolute Gasteiger partial charge is 0.343 e. The van der Waals surface area contributed by atoms with E-state index >= 15 is 4.39 Å². The first-order chi connectivity index (χ1) is 38.0. The fourth-order valence-corrected chi connectivity index (χ4v) is 10.4. The summed E-state index contributed by atoms with van der Waals surface area (Å²) in [5, 5.41) is 34.2. The maximum Gasteiger partial charge on any atom is 0.343 e. The lowest BCUT2D eigenvalue weighted by Gasteiger charge is -2.32. The molecule has 1 unspecified atom stereocenters. The first-order valence-corrected chi connectivity index (χ1v) is 26.3. The molecule has 9 rings (SSSR count).